The van der Waals surface area contributed by atoms with Crippen molar-refractivity contribution in [3.8, 4) is 0 Å². The van der Waals surface area contributed by atoms with Crippen molar-refractivity contribution in [1.29, 1.82) is 0 Å². The number of carboxylic acids is 1. The van der Waals surface area contributed by atoms with Crippen LogP contribution in [0.2, 0.25) is 0 Å². The molecule has 0 bridgehead atoms. The summed E-state index contributed by atoms with van der Waals surface area (Å²) in [4.78, 5) is 26.4. The zero-order chi connectivity index (χ0) is 16.7. The van der Waals surface area contributed by atoms with E-state index in [1.54, 1.807) is 0 Å². The first-order valence-electron chi connectivity index (χ1n) is 8.81. The fourth-order valence-corrected chi connectivity index (χ4v) is 4.42. The minimum Gasteiger partial charge on any atom is -0.481 e. The lowest BCUT2D eigenvalue weighted by molar-refractivity contribution is -0.154. The third kappa shape index (κ3) is 2.81. The van der Waals surface area contributed by atoms with E-state index in [-0.39, 0.29) is 23.8 Å². The molecular formula is C19H23NO4. The van der Waals surface area contributed by atoms with Gasteiger partial charge < -0.3 is 14.7 Å². The second-order valence-electron chi connectivity index (χ2n) is 7.31. The smallest absolute Gasteiger partial charge is 0.308 e. The number of benzene rings is 1. The molecule has 5 nitrogen and oxygen atoms in total. The number of hydrogen-bond acceptors (Lipinski definition) is 3. The molecule has 3 aliphatic rings. The summed E-state index contributed by atoms with van der Waals surface area (Å²) in [5.74, 6) is -0.651. The summed E-state index contributed by atoms with van der Waals surface area (Å²) >= 11 is 0. The molecule has 1 saturated carbocycles. The van der Waals surface area contributed by atoms with Crippen molar-refractivity contribution in [1.82, 2.24) is 4.90 Å². The van der Waals surface area contributed by atoms with Gasteiger partial charge in [0.2, 0.25) is 5.91 Å². The van der Waals surface area contributed by atoms with Gasteiger partial charge >= 0.3 is 5.97 Å². The molecule has 5 atom stereocenters. The van der Waals surface area contributed by atoms with E-state index in [0.717, 1.165) is 12.8 Å². The number of ether oxygens (including phenoxy) is 1. The lowest BCUT2D eigenvalue weighted by Crippen LogP contribution is -2.56. The Kier molecular flexibility index (Phi) is 4.04. The van der Waals surface area contributed by atoms with E-state index in [4.69, 9.17) is 4.74 Å². The number of amides is 1. The number of rotatable bonds is 3. The Hall–Kier alpha value is -1.88. The number of aliphatic carboxylic acids is 1. The van der Waals surface area contributed by atoms with Gasteiger partial charge in [-0.25, -0.2) is 0 Å². The summed E-state index contributed by atoms with van der Waals surface area (Å²) in [7, 11) is 0. The molecule has 4 rings (SSSR count). The molecule has 0 spiro atoms. The van der Waals surface area contributed by atoms with Crippen LogP contribution in [-0.4, -0.2) is 47.7 Å². The predicted octanol–water partition coefficient (Wildman–Crippen LogP) is 2.13. The van der Waals surface area contributed by atoms with Crippen LogP contribution in [0.25, 0.3) is 0 Å². The summed E-state index contributed by atoms with van der Waals surface area (Å²) < 4.78 is 5.53. The Morgan fingerprint density at radius 2 is 1.96 bits per heavy atom. The Morgan fingerprint density at radius 3 is 2.71 bits per heavy atom. The van der Waals surface area contributed by atoms with E-state index in [1.165, 1.54) is 5.56 Å². The molecule has 0 radical (unpaired) electrons. The highest BCUT2D eigenvalue weighted by atomic mass is 16.5. The largest absolute Gasteiger partial charge is 0.481 e. The number of carboxylic acid groups (broad SMARTS) is 1. The molecule has 3 fully saturated rings. The number of hydrogen-bond donors (Lipinski definition) is 1. The first kappa shape index (κ1) is 15.6. The van der Waals surface area contributed by atoms with Crippen LogP contribution >= 0.6 is 0 Å². The van der Waals surface area contributed by atoms with Gasteiger partial charge in [0.05, 0.1) is 12.5 Å². The van der Waals surface area contributed by atoms with E-state index in [1.807, 2.05) is 23.1 Å². The van der Waals surface area contributed by atoms with Crippen LogP contribution < -0.4 is 0 Å². The van der Waals surface area contributed by atoms with Crippen LogP contribution in [0.15, 0.2) is 30.3 Å². The summed E-state index contributed by atoms with van der Waals surface area (Å²) in [5, 5.41) is 9.43. The lowest BCUT2D eigenvalue weighted by Gasteiger charge is -2.46. The van der Waals surface area contributed by atoms with Crippen molar-refractivity contribution in [3.05, 3.63) is 35.9 Å². The fraction of sp³-hybridized carbons (Fsp3) is 0.579. The van der Waals surface area contributed by atoms with Crippen LogP contribution in [0.1, 0.15) is 30.7 Å². The monoisotopic (exact) mass is 329 g/mol. The molecule has 2 heterocycles. The Morgan fingerprint density at radius 1 is 1.17 bits per heavy atom. The molecule has 128 valence electrons. The van der Waals surface area contributed by atoms with E-state index in [9.17, 15) is 14.7 Å². The Bertz CT molecular complexity index is 632. The second-order valence-corrected chi connectivity index (χ2v) is 7.31. The zero-order valence-electron chi connectivity index (χ0n) is 13.6. The quantitative estimate of drug-likeness (QED) is 0.922. The molecule has 1 aromatic carbocycles. The van der Waals surface area contributed by atoms with Gasteiger partial charge in [0, 0.05) is 31.0 Å². The number of fused-ring (bicyclic) bond motifs is 1. The number of piperidine rings is 1. The maximum Gasteiger partial charge on any atom is 0.308 e. The maximum atomic E-state index is 13.1. The van der Waals surface area contributed by atoms with Crippen LogP contribution in [-0.2, 0) is 14.3 Å². The number of carbonyl (C=O) groups excluding carboxylic acids is 1. The number of nitrogens with zero attached hydrogens (tertiary/aromatic N) is 1. The van der Waals surface area contributed by atoms with Gasteiger partial charge in [0.15, 0.2) is 0 Å². The lowest BCUT2D eigenvalue weighted by atomic mass is 9.80. The van der Waals surface area contributed by atoms with Crippen molar-refractivity contribution in [2.24, 2.45) is 17.8 Å². The minimum atomic E-state index is -0.799. The topological polar surface area (TPSA) is 66.8 Å². The summed E-state index contributed by atoms with van der Waals surface area (Å²) in [6.07, 6.45) is 2.33. The van der Waals surface area contributed by atoms with E-state index in [2.05, 4.69) is 12.1 Å². The van der Waals surface area contributed by atoms with Gasteiger partial charge in [-0.1, -0.05) is 30.3 Å². The third-order valence-corrected chi connectivity index (χ3v) is 5.81. The van der Waals surface area contributed by atoms with Gasteiger partial charge in [0.1, 0.15) is 0 Å². The van der Waals surface area contributed by atoms with Gasteiger partial charge in [-0.2, -0.15) is 0 Å². The van der Waals surface area contributed by atoms with Crippen molar-refractivity contribution in [2.75, 3.05) is 19.8 Å². The highest BCUT2D eigenvalue weighted by Crippen LogP contribution is 2.49. The van der Waals surface area contributed by atoms with Crippen molar-refractivity contribution in [2.45, 2.75) is 31.2 Å². The van der Waals surface area contributed by atoms with Crippen molar-refractivity contribution < 1.29 is 19.4 Å². The SMILES string of the molecule is O=C(O)[C@@H]1C[C@@H]2COCC[C@H]2N(C(=O)[C@@H]2C[C@H]2c2ccccc2)C1. The molecule has 1 aromatic rings. The Balaban J connectivity index is 1.50. The normalized spacial score (nSPS) is 35.2. The van der Waals surface area contributed by atoms with Crippen LogP contribution in [0.5, 0.6) is 0 Å². The summed E-state index contributed by atoms with van der Waals surface area (Å²) in [5.41, 5.74) is 1.21. The van der Waals surface area contributed by atoms with Gasteiger partial charge in [-0.05, 0) is 30.7 Å². The van der Waals surface area contributed by atoms with Gasteiger partial charge in [-0.3, -0.25) is 9.59 Å². The van der Waals surface area contributed by atoms with Crippen molar-refractivity contribution >= 4 is 11.9 Å². The fourth-order valence-electron chi connectivity index (χ4n) is 4.42. The summed E-state index contributed by atoms with van der Waals surface area (Å²) in [6.45, 7) is 1.59. The molecule has 24 heavy (non-hydrogen) atoms. The molecule has 1 N–H and O–H groups in total. The number of carbonyl (C=O) groups is 2. The molecule has 5 heteroatoms. The first-order valence-corrected chi connectivity index (χ1v) is 8.81. The average molecular weight is 329 g/mol. The molecule has 0 unspecified atom stereocenters. The maximum absolute atomic E-state index is 13.1. The van der Waals surface area contributed by atoms with Crippen molar-refractivity contribution in [3.63, 3.8) is 0 Å². The summed E-state index contributed by atoms with van der Waals surface area (Å²) in [6, 6.07) is 10.3. The van der Waals surface area contributed by atoms with Gasteiger partial charge in [0.25, 0.3) is 0 Å². The zero-order valence-corrected chi connectivity index (χ0v) is 13.6. The second kappa shape index (κ2) is 6.20. The van der Waals surface area contributed by atoms with Crippen LogP contribution in [0.3, 0.4) is 0 Å². The first-order chi connectivity index (χ1) is 11.6. The van der Waals surface area contributed by atoms with Gasteiger partial charge in [-0.15, -0.1) is 0 Å². The number of likely N-dealkylation sites (tertiary alicyclic amines) is 1. The molecule has 2 aliphatic heterocycles. The highest BCUT2D eigenvalue weighted by Gasteiger charge is 2.50. The molecule has 0 aromatic heterocycles. The third-order valence-electron chi connectivity index (χ3n) is 5.81. The van der Waals surface area contributed by atoms with E-state index < -0.39 is 11.9 Å². The average Bonchev–Trinajstić information content (AvgIpc) is 3.41. The molecular weight excluding hydrogens is 306 g/mol. The van der Waals surface area contributed by atoms with E-state index >= 15 is 0 Å². The molecule has 1 aliphatic carbocycles. The van der Waals surface area contributed by atoms with Crippen LogP contribution in [0, 0.1) is 17.8 Å². The minimum absolute atomic E-state index is 0.0171. The highest BCUT2D eigenvalue weighted by molar-refractivity contribution is 5.84. The Labute approximate surface area is 141 Å². The molecule has 1 amide bonds. The van der Waals surface area contributed by atoms with Crippen LogP contribution in [0.4, 0.5) is 0 Å². The molecule has 2 saturated heterocycles. The van der Waals surface area contributed by atoms with E-state index in [0.29, 0.717) is 32.1 Å². The standard InChI is InChI=1S/C19H23NO4/c21-18(16-9-15(16)12-4-2-1-3-5-12)20-10-13(19(22)23)8-14-11-24-7-6-17(14)20/h1-5,13-17H,6-11H2,(H,22,23)/t13-,14-,15+,16-,17-/m1/s1. The predicted molar refractivity (Wildman–Crippen MR) is 87.5 cm³/mol.